The first-order chi connectivity index (χ1) is 16.4. The van der Waals surface area contributed by atoms with Gasteiger partial charge in [0, 0.05) is 4.88 Å². The number of thiophene rings is 1. The fourth-order valence-electron chi connectivity index (χ4n) is 3.79. The van der Waals surface area contributed by atoms with Gasteiger partial charge in [-0.25, -0.2) is 9.79 Å². The van der Waals surface area contributed by atoms with Gasteiger partial charge in [-0.05, 0) is 56.0 Å². The van der Waals surface area contributed by atoms with E-state index in [2.05, 4.69) is 4.99 Å². The summed E-state index contributed by atoms with van der Waals surface area (Å²) >= 11 is 9.12. The highest BCUT2D eigenvalue weighted by Crippen LogP contribution is 2.37. The van der Waals surface area contributed by atoms with Crippen LogP contribution in [0.3, 0.4) is 0 Å². The zero-order valence-electron chi connectivity index (χ0n) is 19.1. The normalized spacial score (nSPS) is 15.7. The first-order valence-corrected chi connectivity index (χ1v) is 12.7. The molecule has 10 heteroatoms. The Balaban J connectivity index is 1.91. The number of halogens is 1. The van der Waals surface area contributed by atoms with E-state index in [1.54, 1.807) is 36.6 Å². The number of hydrogen-bond acceptors (Lipinski definition) is 8. The lowest BCUT2D eigenvalue weighted by molar-refractivity contribution is -0.139. The zero-order valence-corrected chi connectivity index (χ0v) is 21.5. The molecule has 0 fully saturated rings. The minimum Gasteiger partial charge on any atom is -0.491 e. The zero-order chi connectivity index (χ0) is 24.4. The molecule has 0 saturated heterocycles. The van der Waals surface area contributed by atoms with E-state index in [4.69, 9.17) is 25.8 Å². The van der Waals surface area contributed by atoms with Crippen molar-refractivity contribution >= 4 is 46.3 Å². The molecule has 0 unspecified atom stereocenters. The summed E-state index contributed by atoms with van der Waals surface area (Å²) in [7, 11) is 1.52. The lowest BCUT2D eigenvalue weighted by Gasteiger charge is -2.23. The second kappa shape index (κ2) is 10.2. The summed E-state index contributed by atoms with van der Waals surface area (Å²) in [5, 5.41) is 2.29. The third kappa shape index (κ3) is 4.43. The Hall–Kier alpha value is -2.88. The van der Waals surface area contributed by atoms with E-state index in [1.807, 2.05) is 24.4 Å². The van der Waals surface area contributed by atoms with Crippen LogP contribution in [0.25, 0.3) is 6.08 Å². The van der Waals surface area contributed by atoms with E-state index < -0.39 is 12.0 Å². The number of allylic oxidation sites excluding steroid dienone is 1. The first-order valence-electron chi connectivity index (χ1n) is 10.6. The Morgan fingerprint density at radius 2 is 2.09 bits per heavy atom. The average Bonchev–Trinajstić information content (AvgIpc) is 3.42. The molecule has 1 aliphatic rings. The number of esters is 1. The molecule has 4 rings (SSSR count). The second-order valence-electron chi connectivity index (χ2n) is 7.28. The molecule has 2 aromatic heterocycles. The van der Waals surface area contributed by atoms with Gasteiger partial charge in [-0.2, -0.15) is 0 Å². The topological polar surface area (TPSA) is 79.1 Å². The number of carbonyl (C=O) groups is 1. The largest absolute Gasteiger partial charge is 0.491 e. The van der Waals surface area contributed by atoms with Crippen LogP contribution in [0.4, 0.5) is 0 Å². The summed E-state index contributed by atoms with van der Waals surface area (Å²) in [6.07, 6.45) is 1.74. The van der Waals surface area contributed by atoms with Gasteiger partial charge in [0.2, 0.25) is 0 Å². The summed E-state index contributed by atoms with van der Waals surface area (Å²) in [6, 6.07) is 6.69. The van der Waals surface area contributed by atoms with Crippen LogP contribution in [0.15, 0.2) is 50.7 Å². The molecule has 0 bridgehead atoms. The van der Waals surface area contributed by atoms with Crippen molar-refractivity contribution in [3.05, 3.63) is 76.1 Å². The van der Waals surface area contributed by atoms with Crippen LogP contribution < -0.4 is 24.4 Å². The number of rotatable bonds is 7. The van der Waals surface area contributed by atoms with Crippen LogP contribution in [-0.2, 0) is 9.53 Å². The number of fused-ring (bicyclic) bond motifs is 1. The lowest BCUT2D eigenvalue weighted by Crippen LogP contribution is -2.39. The van der Waals surface area contributed by atoms with Gasteiger partial charge in [0.25, 0.3) is 5.56 Å². The van der Waals surface area contributed by atoms with Crippen molar-refractivity contribution < 1.29 is 19.0 Å². The maximum Gasteiger partial charge on any atom is 0.338 e. The molecule has 3 aromatic rings. The standard InChI is InChI=1S/C24H23ClN2O5S2/c1-5-31-16-11-14(10-15(25)21(16)30-4)12-18-22(28)27-20(17-8-7-9-33-17)19(23(29)32-6-2)13(3)26-24(27)34-18/h7-12,20H,5-6H2,1-4H3/b18-12-/t20-/m1/s1. The molecular weight excluding hydrogens is 496 g/mol. The van der Waals surface area contributed by atoms with Gasteiger partial charge >= 0.3 is 5.97 Å². The first kappa shape index (κ1) is 24.3. The molecule has 7 nitrogen and oxygen atoms in total. The quantitative estimate of drug-likeness (QED) is 0.443. The van der Waals surface area contributed by atoms with E-state index in [9.17, 15) is 9.59 Å². The third-order valence-corrected chi connectivity index (χ3v) is 7.35. The van der Waals surface area contributed by atoms with Gasteiger partial charge in [-0.15, -0.1) is 11.3 Å². The molecule has 1 aliphatic heterocycles. The van der Waals surface area contributed by atoms with Crippen LogP contribution >= 0.6 is 34.3 Å². The molecule has 0 aliphatic carbocycles. The van der Waals surface area contributed by atoms with Crippen molar-refractivity contribution in [2.75, 3.05) is 20.3 Å². The van der Waals surface area contributed by atoms with Crippen molar-refractivity contribution in [1.82, 2.24) is 4.57 Å². The molecule has 1 atom stereocenters. The molecule has 0 spiro atoms. The number of hydrogen-bond donors (Lipinski definition) is 0. The van der Waals surface area contributed by atoms with Gasteiger partial charge in [0.05, 0.1) is 41.1 Å². The highest BCUT2D eigenvalue weighted by Gasteiger charge is 2.33. The van der Waals surface area contributed by atoms with Crippen molar-refractivity contribution in [2.45, 2.75) is 26.8 Å². The van der Waals surface area contributed by atoms with Gasteiger partial charge in [-0.3, -0.25) is 9.36 Å². The van der Waals surface area contributed by atoms with E-state index >= 15 is 0 Å². The molecule has 1 aromatic carbocycles. The highest BCUT2D eigenvalue weighted by molar-refractivity contribution is 7.10. The number of carbonyl (C=O) groups excluding carboxylic acids is 1. The minimum absolute atomic E-state index is 0.234. The van der Waals surface area contributed by atoms with Crippen LogP contribution in [0.2, 0.25) is 5.02 Å². The Morgan fingerprint density at radius 1 is 1.29 bits per heavy atom. The summed E-state index contributed by atoms with van der Waals surface area (Å²) in [5.74, 6) is 0.461. The monoisotopic (exact) mass is 518 g/mol. The van der Waals surface area contributed by atoms with Crippen molar-refractivity contribution in [2.24, 2.45) is 4.99 Å². The molecule has 0 N–H and O–H groups in total. The van der Waals surface area contributed by atoms with E-state index in [0.29, 0.717) is 49.3 Å². The smallest absolute Gasteiger partial charge is 0.338 e. The summed E-state index contributed by atoms with van der Waals surface area (Å²) in [5.41, 5.74) is 1.35. The van der Waals surface area contributed by atoms with Crippen LogP contribution in [0.5, 0.6) is 11.5 Å². The Kier molecular flexibility index (Phi) is 7.25. The number of ether oxygens (including phenoxy) is 3. The molecular formula is C24H23ClN2O5S2. The maximum absolute atomic E-state index is 13.6. The summed E-state index contributed by atoms with van der Waals surface area (Å²) in [4.78, 5) is 32.4. The molecule has 0 saturated carbocycles. The number of thiazole rings is 1. The summed E-state index contributed by atoms with van der Waals surface area (Å²) < 4.78 is 18.3. The number of methoxy groups -OCH3 is 1. The third-order valence-electron chi connectivity index (χ3n) is 5.16. The maximum atomic E-state index is 13.6. The molecule has 3 heterocycles. The van der Waals surface area contributed by atoms with Gasteiger partial charge in [0.1, 0.15) is 6.04 Å². The summed E-state index contributed by atoms with van der Waals surface area (Å²) in [6.45, 7) is 6.06. The van der Waals surface area contributed by atoms with Crippen molar-refractivity contribution in [1.29, 1.82) is 0 Å². The SMILES string of the molecule is CCOC(=O)C1=C(C)N=c2s/c(=C\c3cc(Cl)c(OC)c(OCC)c3)c(=O)n2[C@@H]1c1cccs1. The predicted molar refractivity (Wildman–Crippen MR) is 134 cm³/mol. The Bertz CT molecular complexity index is 1440. The molecule has 34 heavy (non-hydrogen) atoms. The number of benzene rings is 1. The van der Waals surface area contributed by atoms with Crippen LogP contribution in [0.1, 0.15) is 37.3 Å². The van der Waals surface area contributed by atoms with Crippen LogP contribution in [-0.4, -0.2) is 30.9 Å². The number of nitrogens with zero attached hydrogens (tertiary/aromatic N) is 2. The number of aromatic nitrogens is 1. The van der Waals surface area contributed by atoms with E-state index in [1.165, 1.54) is 29.8 Å². The van der Waals surface area contributed by atoms with E-state index in [-0.39, 0.29) is 12.2 Å². The molecule has 178 valence electrons. The fourth-order valence-corrected chi connectivity index (χ4v) is 5.96. The van der Waals surface area contributed by atoms with Crippen LogP contribution in [0, 0.1) is 0 Å². The fraction of sp³-hybridized carbons (Fsp3) is 0.292. The Morgan fingerprint density at radius 3 is 2.74 bits per heavy atom. The highest BCUT2D eigenvalue weighted by atomic mass is 35.5. The van der Waals surface area contributed by atoms with Crippen molar-refractivity contribution in [3.8, 4) is 11.5 Å². The van der Waals surface area contributed by atoms with Gasteiger partial charge in [-0.1, -0.05) is 29.0 Å². The lowest BCUT2D eigenvalue weighted by atomic mass is 10.0. The van der Waals surface area contributed by atoms with Crippen molar-refractivity contribution in [3.63, 3.8) is 0 Å². The Labute approximate surface area is 209 Å². The average molecular weight is 519 g/mol. The molecule has 0 amide bonds. The molecule has 0 radical (unpaired) electrons. The van der Waals surface area contributed by atoms with Gasteiger partial charge in [0.15, 0.2) is 16.3 Å². The minimum atomic E-state index is -0.601. The van der Waals surface area contributed by atoms with Gasteiger partial charge < -0.3 is 14.2 Å². The van der Waals surface area contributed by atoms with E-state index in [0.717, 1.165) is 4.88 Å². The second-order valence-corrected chi connectivity index (χ2v) is 9.68. The predicted octanol–water partition coefficient (Wildman–Crippen LogP) is 3.92.